The number of likely N-dealkylation sites (N-methyl/N-ethyl adjacent to an activating group) is 1. The van der Waals surface area contributed by atoms with Crippen molar-refractivity contribution in [1.82, 2.24) is 4.90 Å². The van der Waals surface area contributed by atoms with E-state index in [1.807, 2.05) is 17.5 Å². The average molecular weight is 257 g/mol. The first-order valence-corrected chi connectivity index (χ1v) is 5.99. The van der Waals surface area contributed by atoms with Crippen molar-refractivity contribution < 1.29 is 19.4 Å². The number of nitrogens with zero attached hydrogens (tertiary/aromatic N) is 1. The van der Waals surface area contributed by atoms with E-state index in [0.717, 1.165) is 4.88 Å². The minimum Gasteiger partial charge on any atom is -0.479 e. The van der Waals surface area contributed by atoms with E-state index >= 15 is 0 Å². The number of carbonyl (C=O) groups is 2. The Labute approximate surface area is 104 Å². The fourth-order valence-electron chi connectivity index (χ4n) is 1.10. The second kappa shape index (κ2) is 6.36. The van der Waals surface area contributed by atoms with Gasteiger partial charge in [-0.2, -0.15) is 0 Å². The Morgan fingerprint density at radius 2 is 2.29 bits per heavy atom. The Balaban J connectivity index is 2.34. The molecule has 94 valence electrons. The van der Waals surface area contributed by atoms with Gasteiger partial charge in [0, 0.05) is 11.9 Å². The molecular formula is C11H15NO4S. The molecule has 0 fully saturated rings. The third kappa shape index (κ3) is 4.54. The largest absolute Gasteiger partial charge is 0.479 e. The number of ether oxygens (including phenoxy) is 1. The lowest BCUT2D eigenvalue weighted by Crippen LogP contribution is -2.32. The average Bonchev–Trinajstić information content (AvgIpc) is 2.77. The molecule has 1 N–H and O–H groups in total. The van der Waals surface area contributed by atoms with E-state index in [0.29, 0.717) is 6.54 Å². The lowest BCUT2D eigenvalue weighted by Gasteiger charge is -2.17. The normalized spacial score (nSPS) is 12.1. The van der Waals surface area contributed by atoms with E-state index in [2.05, 4.69) is 0 Å². The van der Waals surface area contributed by atoms with Gasteiger partial charge in [-0.3, -0.25) is 4.79 Å². The fourth-order valence-corrected chi connectivity index (χ4v) is 1.86. The van der Waals surface area contributed by atoms with Crippen molar-refractivity contribution in [2.75, 3.05) is 13.7 Å². The van der Waals surface area contributed by atoms with Gasteiger partial charge >= 0.3 is 5.97 Å². The molecule has 0 saturated carbocycles. The SMILES string of the molecule is CC(OCC(=O)N(C)Cc1cccs1)C(=O)O. The number of hydrogen-bond donors (Lipinski definition) is 1. The van der Waals surface area contributed by atoms with Gasteiger partial charge in [-0.25, -0.2) is 4.79 Å². The molecule has 0 bridgehead atoms. The number of amides is 1. The molecule has 0 aromatic carbocycles. The number of aliphatic carboxylic acids is 1. The van der Waals surface area contributed by atoms with Crippen LogP contribution in [0.5, 0.6) is 0 Å². The van der Waals surface area contributed by atoms with Gasteiger partial charge in [0.15, 0.2) is 6.10 Å². The van der Waals surface area contributed by atoms with Crippen LogP contribution >= 0.6 is 11.3 Å². The highest BCUT2D eigenvalue weighted by atomic mass is 32.1. The van der Waals surface area contributed by atoms with Crippen molar-refractivity contribution in [3.8, 4) is 0 Å². The number of rotatable bonds is 6. The number of hydrogen-bond acceptors (Lipinski definition) is 4. The lowest BCUT2D eigenvalue weighted by molar-refractivity contribution is -0.152. The van der Waals surface area contributed by atoms with Gasteiger partial charge in [0.05, 0.1) is 6.54 Å². The third-order valence-electron chi connectivity index (χ3n) is 2.20. The molecule has 1 atom stereocenters. The molecule has 17 heavy (non-hydrogen) atoms. The minimum atomic E-state index is -1.07. The molecule has 1 aromatic rings. The predicted molar refractivity (Wildman–Crippen MR) is 63.8 cm³/mol. The summed E-state index contributed by atoms with van der Waals surface area (Å²) in [5, 5.41) is 10.5. The zero-order valence-corrected chi connectivity index (χ0v) is 10.6. The van der Waals surface area contributed by atoms with Crippen LogP contribution in [0.2, 0.25) is 0 Å². The monoisotopic (exact) mass is 257 g/mol. The second-order valence-corrected chi connectivity index (χ2v) is 4.65. The first-order chi connectivity index (χ1) is 8.00. The van der Waals surface area contributed by atoms with Crippen molar-refractivity contribution in [2.45, 2.75) is 19.6 Å². The Morgan fingerprint density at radius 3 is 2.82 bits per heavy atom. The molecule has 1 unspecified atom stereocenters. The molecule has 5 nitrogen and oxygen atoms in total. The predicted octanol–water partition coefficient (Wildman–Crippen LogP) is 1.20. The maximum atomic E-state index is 11.6. The number of carboxylic acids is 1. The molecule has 6 heteroatoms. The molecule has 1 amide bonds. The third-order valence-corrected chi connectivity index (χ3v) is 3.06. The molecule has 0 spiro atoms. The first-order valence-electron chi connectivity index (χ1n) is 5.11. The van der Waals surface area contributed by atoms with Crippen LogP contribution < -0.4 is 0 Å². The lowest BCUT2D eigenvalue weighted by atomic mass is 10.4. The molecule has 0 aliphatic carbocycles. The van der Waals surface area contributed by atoms with Gasteiger partial charge in [-0.05, 0) is 18.4 Å². The van der Waals surface area contributed by atoms with Crippen molar-refractivity contribution in [1.29, 1.82) is 0 Å². The summed E-state index contributed by atoms with van der Waals surface area (Å²) in [5.74, 6) is -1.30. The summed E-state index contributed by atoms with van der Waals surface area (Å²) >= 11 is 1.57. The van der Waals surface area contributed by atoms with Crippen molar-refractivity contribution in [3.05, 3.63) is 22.4 Å². The zero-order valence-electron chi connectivity index (χ0n) is 9.75. The molecule has 1 rings (SSSR count). The van der Waals surface area contributed by atoms with E-state index in [1.165, 1.54) is 11.8 Å². The second-order valence-electron chi connectivity index (χ2n) is 3.62. The molecular weight excluding hydrogens is 242 g/mol. The quantitative estimate of drug-likeness (QED) is 0.831. The summed E-state index contributed by atoms with van der Waals surface area (Å²) < 4.78 is 4.92. The van der Waals surface area contributed by atoms with Crippen LogP contribution in [0.25, 0.3) is 0 Å². The topological polar surface area (TPSA) is 66.8 Å². The van der Waals surface area contributed by atoms with Gasteiger partial charge in [0.2, 0.25) is 5.91 Å². The standard InChI is InChI=1S/C11H15NO4S/c1-8(11(14)15)16-7-10(13)12(2)6-9-4-3-5-17-9/h3-5,8H,6-7H2,1-2H3,(H,14,15). The summed E-state index contributed by atoms with van der Waals surface area (Å²) in [7, 11) is 1.66. The van der Waals surface area contributed by atoms with Gasteiger partial charge in [-0.1, -0.05) is 6.07 Å². The summed E-state index contributed by atoms with van der Waals surface area (Å²) in [6, 6.07) is 3.86. The summed E-state index contributed by atoms with van der Waals surface area (Å²) in [6.45, 7) is 1.70. The summed E-state index contributed by atoms with van der Waals surface area (Å²) in [4.78, 5) is 24.7. The highest BCUT2D eigenvalue weighted by Gasteiger charge is 2.15. The zero-order chi connectivity index (χ0) is 12.8. The van der Waals surface area contributed by atoms with E-state index in [-0.39, 0.29) is 12.5 Å². The summed E-state index contributed by atoms with van der Waals surface area (Å²) in [6.07, 6.45) is -0.964. The smallest absolute Gasteiger partial charge is 0.332 e. The van der Waals surface area contributed by atoms with Crippen LogP contribution in [0.4, 0.5) is 0 Å². The van der Waals surface area contributed by atoms with E-state index in [4.69, 9.17) is 9.84 Å². The van der Waals surface area contributed by atoms with Crippen LogP contribution in [-0.4, -0.2) is 41.6 Å². The van der Waals surface area contributed by atoms with Crippen LogP contribution in [0, 0.1) is 0 Å². The first kappa shape index (κ1) is 13.7. The van der Waals surface area contributed by atoms with Crippen molar-refractivity contribution in [2.24, 2.45) is 0 Å². The molecule has 0 aliphatic heterocycles. The maximum absolute atomic E-state index is 11.6. The van der Waals surface area contributed by atoms with Gasteiger partial charge < -0.3 is 14.7 Å². The van der Waals surface area contributed by atoms with Crippen molar-refractivity contribution in [3.63, 3.8) is 0 Å². The molecule has 0 aliphatic rings. The number of carboxylic acid groups (broad SMARTS) is 1. The van der Waals surface area contributed by atoms with Gasteiger partial charge in [-0.15, -0.1) is 11.3 Å². The molecule has 1 aromatic heterocycles. The van der Waals surface area contributed by atoms with Crippen LogP contribution in [0.15, 0.2) is 17.5 Å². The molecule has 0 radical (unpaired) electrons. The fraction of sp³-hybridized carbons (Fsp3) is 0.455. The minimum absolute atomic E-state index is 0.213. The van der Waals surface area contributed by atoms with Crippen LogP contribution in [-0.2, 0) is 20.9 Å². The Kier molecular flexibility index (Phi) is 5.11. The van der Waals surface area contributed by atoms with Crippen molar-refractivity contribution >= 4 is 23.2 Å². The van der Waals surface area contributed by atoms with E-state index < -0.39 is 12.1 Å². The van der Waals surface area contributed by atoms with E-state index in [1.54, 1.807) is 18.4 Å². The highest BCUT2D eigenvalue weighted by molar-refractivity contribution is 7.09. The highest BCUT2D eigenvalue weighted by Crippen LogP contribution is 2.10. The Bertz CT molecular complexity index is 377. The Morgan fingerprint density at radius 1 is 1.59 bits per heavy atom. The van der Waals surface area contributed by atoms with Crippen LogP contribution in [0.3, 0.4) is 0 Å². The maximum Gasteiger partial charge on any atom is 0.332 e. The van der Waals surface area contributed by atoms with Crippen LogP contribution in [0.1, 0.15) is 11.8 Å². The molecule has 1 heterocycles. The van der Waals surface area contributed by atoms with Gasteiger partial charge in [0.1, 0.15) is 6.61 Å². The Hall–Kier alpha value is -1.40. The number of carbonyl (C=O) groups excluding carboxylic acids is 1. The summed E-state index contributed by atoms with van der Waals surface area (Å²) in [5.41, 5.74) is 0. The molecule has 0 saturated heterocycles. The van der Waals surface area contributed by atoms with Gasteiger partial charge in [0.25, 0.3) is 0 Å². The number of thiophene rings is 1. The van der Waals surface area contributed by atoms with E-state index in [9.17, 15) is 9.59 Å².